The van der Waals surface area contributed by atoms with E-state index in [0.717, 1.165) is 16.3 Å². The van der Waals surface area contributed by atoms with Gasteiger partial charge >= 0.3 is 0 Å². The molecular formula is C13H18ClN3O2S2. The number of anilines is 2. The van der Waals surface area contributed by atoms with Crippen molar-refractivity contribution >= 4 is 59.1 Å². The first-order valence-corrected chi connectivity index (χ1v) is 8.60. The Balaban J connectivity index is 0.00000220. The zero-order valence-corrected chi connectivity index (χ0v) is 14.0. The van der Waals surface area contributed by atoms with Gasteiger partial charge in [0.15, 0.2) is 0 Å². The molecule has 4 N–H and O–H groups in total. The van der Waals surface area contributed by atoms with Crippen LogP contribution >= 0.6 is 35.9 Å². The first-order chi connectivity index (χ1) is 9.60. The average Bonchev–Trinajstić information content (AvgIpc) is 2.44. The van der Waals surface area contributed by atoms with Crippen molar-refractivity contribution in [2.24, 2.45) is 5.73 Å². The number of nitrogens with two attached hydrogens (primary N) is 1. The van der Waals surface area contributed by atoms with Crippen LogP contribution in [-0.2, 0) is 9.59 Å². The Labute approximate surface area is 138 Å². The lowest BCUT2D eigenvalue weighted by Gasteiger charge is -2.18. The minimum absolute atomic E-state index is 0. The van der Waals surface area contributed by atoms with Crippen molar-refractivity contribution in [3.63, 3.8) is 0 Å². The van der Waals surface area contributed by atoms with Crippen LogP contribution in [0.1, 0.15) is 6.42 Å². The van der Waals surface area contributed by atoms with E-state index >= 15 is 0 Å². The number of hydrogen-bond acceptors (Lipinski definition) is 5. The number of carbonyl (C=O) groups is 2. The van der Waals surface area contributed by atoms with Crippen LogP contribution in [0.5, 0.6) is 0 Å². The van der Waals surface area contributed by atoms with Crippen molar-refractivity contribution in [1.82, 2.24) is 0 Å². The molecule has 0 fully saturated rings. The van der Waals surface area contributed by atoms with Gasteiger partial charge in [-0.2, -0.15) is 11.8 Å². The normalized spacial score (nSPS) is 14.5. The maximum atomic E-state index is 11.9. The highest BCUT2D eigenvalue weighted by Gasteiger charge is 2.17. The predicted octanol–water partition coefficient (Wildman–Crippen LogP) is 2.17. The maximum absolute atomic E-state index is 11.9. The number of rotatable bonds is 5. The van der Waals surface area contributed by atoms with Gasteiger partial charge in [-0.15, -0.1) is 24.2 Å². The fraction of sp³-hybridized carbons (Fsp3) is 0.385. The zero-order valence-electron chi connectivity index (χ0n) is 11.5. The summed E-state index contributed by atoms with van der Waals surface area (Å²) in [5, 5.41) is 5.57. The summed E-state index contributed by atoms with van der Waals surface area (Å²) in [6, 6.07) is 4.96. The molecule has 2 amide bonds. The van der Waals surface area contributed by atoms with Gasteiger partial charge in [-0.25, -0.2) is 0 Å². The van der Waals surface area contributed by atoms with E-state index in [2.05, 4.69) is 10.6 Å². The SMILES string of the molecule is CSCC[C@H](N)C(=O)Nc1ccc2c(c1)NC(=O)CS2.Cl. The molecule has 1 aromatic rings. The van der Waals surface area contributed by atoms with Gasteiger partial charge in [-0.05, 0) is 36.6 Å². The Morgan fingerprint density at radius 3 is 3.05 bits per heavy atom. The molecule has 0 aromatic heterocycles. The minimum Gasteiger partial charge on any atom is -0.325 e. The summed E-state index contributed by atoms with van der Waals surface area (Å²) in [6.07, 6.45) is 2.62. The molecule has 5 nitrogen and oxygen atoms in total. The molecule has 1 aliphatic heterocycles. The number of nitrogens with one attached hydrogen (secondary N) is 2. The van der Waals surface area contributed by atoms with Gasteiger partial charge in [0.1, 0.15) is 0 Å². The van der Waals surface area contributed by atoms with Crippen LogP contribution in [0.25, 0.3) is 0 Å². The summed E-state index contributed by atoms with van der Waals surface area (Å²) >= 11 is 3.15. The Bertz CT molecular complexity index is 528. The van der Waals surface area contributed by atoms with Crippen LogP contribution in [0.4, 0.5) is 11.4 Å². The van der Waals surface area contributed by atoms with Crippen molar-refractivity contribution < 1.29 is 9.59 Å². The lowest BCUT2D eigenvalue weighted by molar-refractivity contribution is -0.117. The molecule has 1 heterocycles. The van der Waals surface area contributed by atoms with E-state index in [0.29, 0.717) is 17.9 Å². The molecule has 116 valence electrons. The Hall–Kier alpha value is -0.890. The van der Waals surface area contributed by atoms with E-state index in [1.165, 1.54) is 11.8 Å². The van der Waals surface area contributed by atoms with Gasteiger partial charge < -0.3 is 16.4 Å². The van der Waals surface area contributed by atoms with E-state index in [-0.39, 0.29) is 24.2 Å². The molecular weight excluding hydrogens is 330 g/mol. The highest BCUT2D eigenvalue weighted by molar-refractivity contribution is 8.00. The van der Waals surface area contributed by atoms with Crippen LogP contribution in [0.3, 0.4) is 0 Å². The highest BCUT2D eigenvalue weighted by Crippen LogP contribution is 2.33. The van der Waals surface area contributed by atoms with Gasteiger partial charge in [0.05, 0.1) is 17.5 Å². The molecule has 1 aromatic carbocycles. The van der Waals surface area contributed by atoms with E-state index in [1.807, 2.05) is 18.4 Å². The molecule has 21 heavy (non-hydrogen) atoms. The van der Waals surface area contributed by atoms with Gasteiger partial charge in [-0.3, -0.25) is 9.59 Å². The summed E-state index contributed by atoms with van der Waals surface area (Å²) in [7, 11) is 0. The molecule has 1 aliphatic rings. The first kappa shape index (κ1) is 18.2. The van der Waals surface area contributed by atoms with Crippen molar-refractivity contribution in [3.8, 4) is 0 Å². The van der Waals surface area contributed by atoms with Crippen molar-refractivity contribution in [2.45, 2.75) is 17.4 Å². The lowest BCUT2D eigenvalue weighted by Crippen LogP contribution is -2.36. The molecule has 8 heteroatoms. The fourth-order valence-electron chi connectivity index (χ4n) is 1.77. The second-order valence-electron chi connectivity index (χ2n) is 4.43. The van der Waals surface area contributed by atoms with E-state index < -0.39 is 6.04 Å². The minimum atomic E-state index is -0.512. The third-order valence-electron chi connectivity index (χ3n) is 2.85. The van der Waals surface area contributed by atoms with Gasteiger partial charge in [-0.1, -0.05) is 0 Å². The van der Waals surface area contributed by atoms with Crippen molar-refractivity contribution in [3.05, 3.63) is 18.2 Å². The molecule has 0 spiro atoms. The summed E-state index contributed by atoms with van der Waals surface area (Å²) in [6.45, 7) is 0. The first-order valence-electron chi connectivity index (χ1n) is 6.22. The molecule has 0 unspecified atom stereocenters. The number of benzene rings is 1. The monoisotopic (exact) mass is 347 g/mol. The summed E-state index contributed by atoms with van der Waals surface area (Å²) in [5.74, 6) is 1.06. The molecule has 0 bridgehead atoms. The predicted molar refractivity (Wildman–Crippen MR) is 92.6 cm³/mol. The van der Waals surface area contributed by atoms with Crippen molar-refractivity contribution in [1.29, 1.82) is 0 Å². The molecule has 0 saturated heterocycles. The zero-order chi connectivity index (χ0) is 14.5. The van der Waals surface area contributed by atoms with Gasteiger partial charge in [0.2, 0.25) is 11.8 Å². The smallest absolute Gasteiger partial charge is 0.241 e. The van der Waals surface area contributed by atoms with Crippen molar-refractivity contribution in [2.75, 3.05) is 28.4 Å². The molecule has 0 saturated carbocycles. The second kappa shape index (κ2) is 8.53. The maximum Gasteiger partial charge on any atom is 0.241 e. The second-order valence-corrected chi connectivity index (χ2v) is 6.43. The van der Waals surface area contributed by atoms with Gasteiger partial charge in [0, 0.05) is 10.6 Å². The van der Waals surface area contributed by atoms with Crippen LogP contribution < -0.4 is 16.4 Å². The van der Waals surface area contributed by atoms with E-state index in [9.17, 15) is 9.59 Å². The van der Waals surface area contributed by atoms with Crippen LogP contribution in [0.2, 0.25) is 0 Å². The molecule has 0 radical (unpaired) electrons. The Morgan fingerprint density at radius 1 is 1.57 bits per heavy atom. The number of thioether (sulfide) groups is 2. The fourth-order valence-corrected chi connectivity index (χ4v) is 3.05. The van der Waals surface area contributed by atoms with Crippen LogP contribution in [-0.4, -0.2) is 35.6 Å². The number of fused-ring (bicyclic) bond motifs is 1. The molecule has 0 aliphatic carbocycles. The Morgan fingerprint density at radius 2 is 2.33 bits per heavy atom. The summed E-state index contributed by atoms with van der Waals surface area (Å²) < 4.78 is 0. The summed E-state index contributed by atoms with van der Waals surface area (Å²) in [4.78, 5) is 24.3. The lowest BCUT2D eigenvalue weighted by atomic mass is 10.2. The van der Waals surface area contributed by atoms with E-state index in [1.54, 1.807) is 17.8 Å². The van der Waals surface area contributed by atoms with Crippen LogP contribution in [0.15, 0.2) is 23.1 Å². The number of hydrogen-bond donors (Lipinski definition) is 3. The third-order valence-corrected chi connectivity index (χ3v) is 4.57. The number of amides is 2. The Kier molecular flexibility index (Phi) is 7.37. The highest BCUT2D eigenvalue weighted by atomic mass is 35.5. The number of carbonyl (C=O) groups excluding carboxylic acids is 2. The molecule has 2 rings (SSSR count). The quantitative estimate of drug-likeness (QED) is 0.760. The largest absolute Gasteiger partial charge is 0.325 e. The molecule has 1 atom stereocenters. The third kappa shape index (κ3) is 5.10. The number of halogens is 1. The van der Waals surface area contributed by atoms with E-state index in [4.69, 9.17) is 5.73 Å². The summed E-state index contributed by atoms with van der Waals surface area (Å²) in [5.41, 5.74) is 7.20. The topological polar surface area (TPSA) is 84.2 Å². The average molecular weight is 348 g/mol. The van der Waals surface area contributed by atoms with Gasteiger partial charge in [0.25, 0.3) is 0 Å². The standard InChI is InChI=1S/C13H17N3O2S2.ClH/c1-19-5-4-9(14)13(18)15-8-2-3-11-10(6-8)16-12(17)7-20-11;/h2-3,6,9H,4-5,7,14H2,1H3,(H,15,18)(H,16,17);1H/t9-;/m0./s1. The van der Waals surface area contributed by atoms with Crippen LogP contribution in [0, 0.1) is 0 Å².